The fraction of sp³-hybridized carbons (Fsp3) is 0.545. The molecule has 114 valence electrons. The van der Waals surface area contributed by atoms with Crippen molar-refractivity contribution in [3.05, 3.63) is 5.28 Å². The highest BCUT2D eigenvalue weighted by Gasteiger charge is 2.36. The van der Waals surface area contributed by atoms with Crippen LogP contribution >= 0.6 is 23.4 Å². The summed E-state index contributed by atoms with van der Waals surface area (Å²) < 4.78 is 7.39. The molecule has 2 aromatic heterocycles. The van der Waals surface area contributed by atoms with Gasteiger partial charge in [-0.1, -0.05) is 11.8 Å². The summed E-state index contributed by atoms with van der Waals surface area (Å²) in [6.07, 6.45) is 0.317. The molecule has 0 amide bonds. The van der Waals surface area contributed by atoms with Crippen LogP contribution in [0.5, 0.6) is 0 Å². The normalized spacial score (nSPS) is 25.8. The van der Waals surface area contributed by atoms with Gasteiger partial charge in [0.1, 0.15) is 12.3 Å². The minimum atomic E-state index is -0.748. The molecule has 0 radical (unpaired) electrons. The molecule has 1 aliphatic rings. The van der Waals surface area contributed by atoms with Gasteiger partial charge in [-0.25, -0.2) is 4.98 Å². The number of hydrogen-bond donors (Lipinski definition) is 3. The second-order valence-corrected chi connectivity index (χ2v) is 5.74. The largest absolute Gasteiger partial charge is 0.394 e. The third kappa shape index (κ3) is 2.44. The molecule has 2 aromatic rings. The summed E-state index contributed by atoms with van der Waals surface area (Å²) in [5.74, 6) is 0.191. The average Bonchev–Trinajstić information content (AvgIpc) is 2.98. The van der Waals surface area contributed by atoms with Gasteiger partial charge in [0.2, 0.25) is 5.28 Å². The van der Waals surface area contributed by atoms with Crippen molar-refractivity contribution in [2.24, 2.45) is 0 Å². The first-order chi connectivity index (χ1) is 10.0. The Bertz CT molecular complexity index is 681. The van der Waals surface area contributed by atoms with Crippen LogP contribution < -0.4 is 5.73 Å². The molecule has 8 nitrogen and oxygen atoms in total. The highest BCUT2D eigenvalue weighted by molar-refractivity contribution is 7.98. The number of aliphatic hydroxyl groups is 2. The highest BCUT2D eigenvalue weighted by atomic mass is 35.5. The van der Waals surface area contributed by atoms with Crippen LogP contribution in [0.2, 0.25) is 5.28 Å². The average molecular weight is 332 g/mol. The highest BCUT2D eigenvalue weighted by Crippen LogP contribution is 2.35. The maximum Gasteiger partial charge on any atom is 0.226 e. The van der Waals surface area contributed by atoms with Crippen LogP contribution in [-0.2, 0) is 4.74 Å². The van der Waals surface area contributed by atoms with Gasteiger partial charge in [0.05, 0.1) is 12.7 Å². The molecule has 1 saturated heterocycles. The number of halogens is 1. The molecule has 3 rings (SSSR count). The van der Waals surface area contributed by atoms with E-state index in [0.29, 0.717) is 22.7 Å². The number of aromatic nitrogens is 4. The molecule has 0 aromatic carbocycles. The molecule has 21 heavy (non-hydrogen) atoms. The zero-order valence-electron chi connectivity index (χ0n) is 11.1. The van der Waals surface area contributed by atoms with Crippen molar-refractivity contribution in [1.29, 1.82) is 0 Å². The lowest BCUT2D eigenvalue weighted by atomic mass is 10.2. The van der Waals surface area contributed by atoms with Gasteiger partial charge in [0.25, 0.3) is 0 Å². The Morgan fingerprint density at radius 2 is 2.24 bits per heavy atom. The van der Waals surface area contributed by atoms with Crippen LogP contribution in [-0.4, -0.2) is 54.8 Å². The van der Waals surface area contributed by atoms with Crippen molar-refractivity contribution < 1.29 is 14.9 Å². The van der Waals surface area contributed by atoms with E-state index in [2.05, 4.69) is 15.0 Å². The van der Waals surface area contributed by atoms with Crippen LogP contribution in [0, 0.1) is 0 Å². The van der Waals surface area contributed by atoms with Gasteiger partial charge < -0.3 is 20.7 Å². The van der Waals surface area contributed by atoms with E-state index in [1.807, 2.05) is 6.26 Å². The van der Waals surface area contributed by atoms with Gasteiger partial charge >= 0.3 is 0 Å². The number of thioether (sulfide) groups is 1. The Labute approximate surface area is 129 Å². The topological polar surface area (TPSA) is 119 Å². The lowest BCUT2D eigenvalue weighted by Crippen LogP contribution is -2.24. The van der Waals surface area contributed by atoms with E-state index in [1.165, 1.54) is 11.8 Å². The van der Waals surface area contributed by atoms with Crippen LogP contribution in [0.1, 0.15) is 12.6 Å². The fourth-order valence-electron chi connectivity index (χ4n) is 2.39. The summed E-state index contributed by atoms with van der Waals surface area (Å²) >= 11 is 7.25. The summed E-state index contributed by atoms with van der Waals surface area (Å²) in [6, 6.07) is 0. The summed E-state index contributed by atoms with van der Waals surface area (Å²) in [6.45, 7) is -0.253. The quantitative estimate of drug-likeness (QED) is 0.547. The molecule has 4 N–H and O–H groups in total. The minimum absolute atomic E-state index is 0.0195. The second-order valence-electron chi connectivity index (χ2n) is 4.63. The number of rotatable bonds is 3. The van der Waals surface area contributed by atoms with Crippen molar-refractivity contribution in [3.8, 4) is 0 Å². The third-order valence-corrected chi connectivity index (χ3v) is 4.18. The molecule has 0 bridgehead atoms. The molecule has 0 saturated carbocycles. The number of nitrogens with two attached hydrogens (primary N) is 1. The summed E-state index contributed by atoms with van der Waals surface area (Å²) in [5.41, 5.74) is 6.71. The van der Waals surface area contributed by atoms with Gasteiger partial charge in [-0.05, 0) is 17.9 Å². The Morgan fingerprint density at radius 1 is 1.48 bits per heavy atom. The van der Waals surface area contributed by atoms with Gasteiger partial charge in [-0.2, -0.15) is 9.97 Å². The summed E-state index contributed by atoms with van der Waals surface area (Å²) in [4.78, 5) is 12.4. The standard InChI is InChI=1S/C11H14ClN5O3S/c1-21-11-14-7-8(13)15-10(12)16-9(7)17(11)6-2-4(19)5(3-18)20-6/h4-6,18-19H,2-3H2,1H3,(H2,13,15,16)/t4-,5+,6+/m0/s1. The van der Waals surface area contributed by atoms with Gasteiger partial charge in [-0.3, -0.25) is 4.57 Å². The first kappa shape index (κ1) is 14.8. The van der Waals surface area contributed by atoms with Crippen LogP contribution in [0.25, 0.3) is 11.2 Å². The van der Waals surface area contributed by atoms with Crippen molar-refractivity contribution in [2.75, 3.05) is 18.6 Å². The molecule has 0 unspecified atom stereocenters. The van der Waals surface area contributed by atoms with Crippen LogP contribution in [0.4, 0.5) is 5.82 Å². The molecular weight excluding hydrogens is 318 g/mol. The first-order valence-corrected chi connectivity index (χ1v) is 7.84. The minimum Gasteiger partial charge on any atom is -0.394 e. The van der Waals surface area contributed by atoms with E-state index in [-0.39, 0.29) is 17.7 Å². The Kier molecular flexibility index (Phi) is 3.93. The van der Waals surface area contributed by atoms with E-state index in [1.54, 1.807) is 4.57 Å². The van der Waals surface area contributed by atoms with Gasteiger partial charge in [-0.15, -0.1) is 0 Å². The number of imidazole rings is 1. The van der Waals surface area contributed by atoms with Crippen molar-refractivity contribution in [2.45, 2.75) is 30.0 Å². The Balaban J connectivity index is 2.13. The first-order valence-electron chi connectivity index (χ1n) is 6.24. The number of nitrogen functional groups attached to an aromatic ring is 1. The lowest BCUT2D eigenvalue weighted by molar-refractivity contribution is -0.0457. The number of nitrogens with zero attached hydrogens (tertiary/aromatic N) is 4. The summed E-state index contributed by atoms with van der Waals surface area (Å²) in [5, 5.41) is 19.7. The SMILES string of the molecule is CSc1nc2c(N)nc(Cl)nc2n1[C@H]1C[C@H](O)[C@@H](CO)O1. The van der Waals surface area contributed by atoms with Crippen LogP contribution in [0.15, 0.2) is 5.16 Å². The second kappa shape index (κ2) is 5.58. The number of aliphatic hydroxyl groups excluding tert-OH is 2. The Hall–Kier alpha value is -1.13. The Morgan fingerprint density at radius 3 is 2.86 bits per heavy atom. The van der Waals surface area contributed by atoms with Crippen LogP contribution in [0.3, 0.4) is 0 Å². The predicted octanol–water partition coefficient (Wildman–Crippen LogP) is 0.424. The smallest absolute Gasteiger partial charge is 0.226 e. The molecule has 3 heterocycles. The van der Waals surface area contributed by atoms with E-state index < -0.39 is 18.4 Å². The number of anilines is 1. The van der Waals surface area contributed by atoms with Gasteiger partial charge in [0.15, 0.2) is 22.1 Å². The monoisotopic (exact) mass is 331 g/mol. The zero-order chi connectivity index (χ0) is 15.1. The molecule has 1 fully saturated rings. The molecule has 1 aliphatic heterocycles. The number of ether oxygens (including phenoxy) is 1. The number of fused-ring (bicyclic) bond motifs is 1. The third-order valence-electron chi connectivity index (χ3n) is 3.36. The van der Waals surface area contributed by atoms with Crippen molar-refractivity contribution in [3.63, 3.8) is 0 Å². The van der Waals surface area contributed by atoms with E-state index in [4.69, 9.17) is 22.1 Å². The molecule has 10 heteroatoms. The molecule has 0 spiro atoms. The molecule has 0 aliphatic carbocycles. The lowest BCUT2D eigenvalue weighted by Gasteiger charge is -2.15. The zero-order valence-corrected chi connectivity index (χ0v) is 12.7. The van der Waals surface area contributed by atoms with E-state index in [0.717, 1.165) is 0 Å². The fourth-order valence-corrected chi connectivity index (χ4v) is 3.14. The molecule has 3 atom stereocenters. The van der Waals surface area contributed by atoms with E-state index in [9.17, 15) is 10.2 Å². The van der Waals surface area contributed by atoms with E-state index >= 15 is 0 Å². The predicted molar refractivity (Wildman–Crippen MR) is 78.1 cm³/mol. The summed E-state index contributed by atoms with van der Waals surface area (Å²) in [7, 11) is 0. The molecular formula is C11H14ClN5O3S. The van der Waals surface area contributed by atoms with Crippen molar-refractivity contribution >= 4 is 40.3 Å². The maximum atomic E-state index is 9.89. The van der Waals surface area contributed by atoms with Crippen molar-refractivity contribution in [1.82, 2.24) is 19.5 Å². The maximum absolute atomic E-state index is 9.89. The van der Waals surface area contributed by atoms with Gasteiger partial charge in [0, 0.05) is 6.42 Å². The number of hydrogen-bond acceptors (Lipinski definition) is 8.